The number of carbonyl (C=O) groups excluding carboxylic acids is 1. The fourth-order valence-electron chi connectivity index (χ4n) is 3.19. The quantitative estimate of drug-likeness (QED) is 0.795. The largest absolute Gasteiger partial charge is 0.326 e. The van der Waals surface area contributed by atoms with Gasteiger partial charge in [-0.25, -0.2) is 0 Å². The Hall–Kier alpha value is -0.570. The van der Waals surface area contributed by atoms with E-state index in [0.29, 0.717) is 18.6 Å². The molecule has 1 aliphatic carbocycles. The first-order valence-electron chi connectivity index (χ1n) is 6.73. The predicted octanol–water partition coefficient (Wildman–Crippen LogP) is 1.98. The van der Waals surface area contributed by atoms with E-state index >= 15 is 0 Å². The summed E-state index contributed by atoms with van der Waals surface area (Å²) in [7, 11) is 0. The average Bonchev–Trinajstić information content (AvgIpc) is 2.60. The molecule has 1 heterocycles. The number of hydrogen-bond donors (Lipinski definition) is 1. The summed E-state index contributed by atoms with van der Waals surface area (Å²) in [6.07, 6.45) is 6.65. The van der Waals surface area contributed by atoms with Gasteiger partial charge in [0.25, 0.3) is 0 Å². The lowest BCUT2D eigenvalue weighted by Crippen LogP contribution is -2.40. The van der Waals surface area contributed by atoms with E-state index in [0.717, 1.165) is 24.8 Å². The molecule has 2 fully saturated rings. The minimum absolute atomic E-state index is 0.296. The Morgan fingerprint density at radius 2 is 2.25 bits per heavy atom. The van der Waals surface area contributed by atoms with Gasteiger partial charge in [0.15, 0.2) is 0 Å². The van der Waals surface area contributed by atoms with Crippen molar-refractivity contribution in [3.63, 3.8) is 0 Å². The van der Waals surface area contributed by atoms with Gasteiger partial charge >= 0.3 is 0 Å². The van der Waals surface area contributed by atoms with Crippen LogP contribution in [0.2, 0.25) is 0 Å². The highest BCUT2D eigenvalue weighted by atomic mass is 16.2. The maximum atomic E-state index is 11.8. The van der Waals surface area contributed by atoms with Crippen molar-refractivity contribution < 1.29 is 4.79 Å². The zero-order valence-corrected chi connectivity index (χ0v) is 10.5. The molecule has 3 atom stereocenters. The highest BCUT2D eigenvalue weighted by Gasteiger charge is 2.31. The minimum Gasteiger partial charge on any atom is -0.326 e. The van der Waals surface area contributed by atoms with Crippen LogP contribution in [0.3, 0.4) is 0 Å². The Balaban J connectivity index is 1.89. The molecule has 0 bridgehead atoms. The van der Waals surface area contributed by atoms with E-state index in [1.54, 1.807) is 0 Å². The van der Waals surface area contributed by atoms with Crippen molar-refractivity contribution in [1.29, 1.82) is 0 Å². The molecule has 3 unspecified atom stereocenters. The number of rotatable bonds is 3. The highest BCUT2D eigenvalue weighted by molar-refractivity contribution is 5.80. The lowest BCUT2D eigenvalue weighted by molar-refractivity contribution is -0.128. The SMILES string of the molecule is CCC1NCC(=O)N1CC1CCCC(C)C1. The van der Waals surface area contributed by atoms with Crippen LogP contribution in [0.25, 0.3) is 0 Å². The van der Waals surface area contributed by atoms with Gasteiger partial charge in [0, 0.05) is 6.54 Å². The van der Waals surface area contributed by atoms with Crippen molar-refractivity contribution in [1.82, 2.24) is 10.2 Å². The highest BCUT2D eigenvalue weighted by Crippen LogP contribution is 2.30. The van der Waals surface area contributed by atoms with Crippen molar-refractivity contribution >= 4 is 5.91 Å². The van der Waals surface area contributed by atoms with Crippen molar-refractivity contribution in [3.05, 3.63) is 0 Å². The smallest absolute Gasteiger partial charge is 0.237 e. The first-order valence-corrected chi connectivity index (χ1v) is 6.73. The summed E-state index contributed by atoms with van der Waals surface area (Å²) in [6, 6.07) is 0. The molecule has 1 N–H and O–H groups in total. The molecule has 1 aliphatic heterocycles. The van der Waals surface area contributed by atoms with Gasteiger partial charge in [-0.1, -0.05) is 26.7 Å². The molecule has 1 saturated carbocycles. The van der Waals surface area contributed by atoms with Crippen molar-refractivity contribution in [3.8, 4) is 0 Å². The molecule has 3 heteroatoms. The van der Waals surface area contributed by atoms with Gasteiger partial charge in [0.2, 0.25) is 5.91 Å². The van der Waals surface area contributed by atoms with Crippen molar-refractivity contribution in [2.24, 2.45) is 11.8 Å². The molecule has 3 nitrogen and oxygen atoms in total. The van der Waals surface area contributed by atoms with E-state index in [1.807, 2.05) is 0 Å². The summed E-state index contributed by atoms with van der Waals surface area (Å²) >= 11 is 0. The van der Waals surface area contributed by atoms with Gasteiger partial charge in [-0.15, -0.1) is 0 Å². The van der Waals surface area contributed by atoms with Crippen LogP contribution in [0.1, 0.15) is 46.0 Å². The predicted molar refractivity (Wildman–Crippen MR) is 64.9 cm³/mol. The first-order chi connectivity index (χ1) is 7.70. The fourth-order valence-corrected chi connectivity index (χ4v) is 3.19. The second-order valence-electron chi connectivity index (χ2n) is 5.49. The molecular formula is C13H24N2O. The third-order valence-electron chi connectivity index (χ3n) is 4.07. The summed E-state index contributed by atoms with van der Waals surface area (Å²) in [5.41, 5.74) is 0. The van der Waals surface area contributed by atoms with E-state index in [4.69, 9.17) is 0 Å². The molecule has 0 spiro atoms. The standard InChI is InChI=1S/C13H24N2O/c1-3-12-14-8-13(16)15(12)9-11-6-4-5-10(2)7-11/h10-12,14H,3-9H2,1-2H3. The van der Waals surface area contributed by atoms with E-state index in [1.165, 1.54) is 25.7 Å². The van der Waals surface area contributed by atoms with Crippen LogP contribution in [0.5, 0.6) is 0 Å². The maximum absolute atomic E-state index is 11.8. The molecule has 16 heavy (non-hydrogen) atoms. The van der Waals surface area contributed by atoms with Crippen molar-refractivity contribution in [2.45, 2.75) is 52.1 Å². The molecule has 0 aromatic carbocycles. The summed E-state index contributed by atoms with van der Waals surface area (Å²) in [5.74, 6) is 1.89. The number of amides is 1. The Kier molecular flexibility index (Phi) is 3.85. The molecule has 1 saturated heterocycles. The number of nitrogens with one attached hydrogen (secondary N) is 1. The Labute approximate surface area is 98.6 Å². The van der Waals surface area contributed by atoms with Gasteiger partial charge in [-0.05, 0) is 31.1 Å². The van der Waals surface area contributed by atoms with E-state index in [-0.39, 0.29) is 0 Å². The summed E-state index contributed by atoms with van der Waals surface area (Å²) < 4.78 is 0. The molecule has 92 valence electrons. The van der Waals surface area contributed by atoms with Gasteiger partial charge in [-0.2, -0.15) is 0 Å². The third kappa shape index (κ3) is 2.57. The summed E-state index contributed by atoms with van der Waals surface area (Å²) in [4.78, 5) is 13.8. The number of hydrogen-bond acceptors (Lipinski definition) is 2. The molecule has 2 aliphatic rings. The molecule has 0 aromatic heterocycles. The first kappa shape index (κ1) is 11.9. The Morgan fingerprint density at radius 1 is 1.44 bits per heavy atom. The number of nitrogens with zero attached hydrogens (tertiary/aromatic N) is 1. The normalized spacial score (nSPS) is 35.8. The fraction of sp³-hybridized carbons (Fsp3) is 0.923. The van der Waals surface area contributed by atoms with E-state index < -0.39 is 0 Å². The maximum Gasteiger partial charge on any atom is 0.237 e. The summed E-state index contributed by atoms with van der Waals surface area (Å²) in [5, 5.41) is 3.28. The molecule has 2 rings (SSSR count). The summed E-state index contributed by atoms with van der Waals surface area (Å²) in [6.45, 7) is 6.01. The second-order valence-corrected chi connectivity index (χ2v) is 5.49. The monoisotopic (exact) mass is 224 g/mol. The van der Waals surface area contributed by atoms with Gasteiger partial charge in [-0.3, -0.25) is 10.1 Å². The molecular weight excluding hydrogens is 200 g/mol. The van der Waals surface area contributed by atoms with Crippen LogP contribution < -0.4 is 5.32 Å². The van der Waals surface area contributed by atoms with Crippen LogP contribution >= 0.6 is 0 Å². The second kappa shape index (κ2) is 5.17. The van der Waals surface area contributed by atoms with Crippen LogP contribution in [0.15, 0.2) is 0 Å². The Bertz CT molecular complexity index is 254. The van der Waals surface area contributed by atoms with E-state index in [9.17, 15) is 4.79 Å². The third-order valence-corrected chi connectivity index (χ3v) is 4.07. The van der Waals surface area contributed by atoms with Gasteiger partial charge < -0.3 is 4.90 Å². The van der Waals surface area contributed by atoms with E-state index in [2.05, 4.69) is 24.1 Å². The van der Waals surface area contributed by atoms with Crippen LogP contribution in [-0.2, 0) is 4.79 Å². The Morgan fingerprint density at radius 3 is 2.94 bits per heavy atom. The minimum atomic E-state index is 0.296. The number of carbonyl (C=O) groups is 1. The molecule has 0 radical (unpaired) electrons. The van der Waals surface area contributed by atoms with Gasteiger partial charge in [0.05, 0.1) is 12.7 Å². The lowest BCUT2D eigenvalue weighted by atomic mass is 9.82. The van der Waals surface area contributed by atoms with Crippen LogP contribution in [-0.4, -0.2) is 30.1 Å². The van der Waals surface area contributed by atoms with Crippen molar-refractivity contribution in [2.75, 3.05) is 13.1 Å². The zero-order valence-electron chi connectivity index (χ0n) is 10.5. The topological polar surface area (TPSA) is 32.3 Å². The van der Waals surface area contributed by atoms with Crippen LogP contribution in [0, 0.1) is 11.8 Å². The molecule has 1 amide bonds. The average molecular weight is 224 g/mol. The molecule has 0 aromatic rings. The zero-order chi connectivity index (χ0) is 11.5. The van der Waals surface area contributed by atoms with Crippen LogP contribution in [0.4, 0.5) is 0 Å². The lowest BCUT2D eigenvalue weighted by Gasteiger charge is -2.32. The van der Waals surface area contributed by atoms with Gasteiger partial charge in [0.1, 0.15) is 0 Å².